The van der Waals surface area contributed by atoms with Crippen LogP contribution in [0.25, 0.3) is 0 Å². The van der Waals surface area contributed by atoms with Gasteiger partial charge in [0, 0.05) is 37.8 Å². The number of benzene rings is 2. The Labute approximate surface area is 230 Å². The van der Waals surface area contributed by atoms with Crippen molar-refractivity contribution in [2.24, 2.45) is 11.7 Å². The monoisotopic (exact) mass is 555 g/mol. The van der Waals surface area contributed by atoms with Gasteiger partial charge in [-0.3, -0.25) is 4.79 Å². The van der Waals surface area contributed by atoms with Gasteiger partial charge in [-0.1, -0.05) is 31.4 Å². The number of hydrogen-bond acceptors (Lipinski definition) is 6. The third kappa shape index (κ3) is 5.29. The highest BCUT2D eigenvalue weighted by Gasteiger charge is 2.46. The van der Waals surface area contributed by atoms with E-state index < -0.39 is 22.1 Å². The summed E-state index contributed by atoms with van der Waals surface area (Å²) in [5, 5.41) is 2.91. The zero-order chi connectivity index (χ0) is 27.9. The second-order valence-corrected chi connectivity index (χ2v) is 12.9. The van der Waals surface area contributed by atoms with Crippen molar-refractivity contribution in [3.8, 4) is 5.75 Å². The number of primary amides is 1. The van der Waals surface area contributed by atoms with E-state index in [0.717, 1.165) is 39.7 Å². The Morgan fingerprint density at radius 2 is 1.77 bits per heavy atom. The first-order chi connectivity index (χ1) is 18.6. The van der Waals surface area contributed by atoms with Crippen molar-refractivity contribution in [3.63, 3.8) is 0 Å². The number of ether oxygens (including phenoxy) is 1. The number of fused-ring (bicyclic) bond motifs is 5. The zero-order valence-corrected chi connectivity index (χ0v) is 23.5. The number of anilines is 1. The third-order valence-electron chi connectivity index (χ3n) is 8.40. The number of urea groups is 1. The number of rotatable bonds is 6. The van der Waals surface area contributed by atoms with Crippen LogP contribution in [0.2, 0.25) is 0 Å². The van der Waals surface area contributed by atoms with Crippen molar-refractivity contribution in [2.75, 3.05) is 32.6 Å². The van der Waals surface area contributed by atoms with E-state index in [1.165, 1.54) is 38.9 Å². The molecular formula is C28H37N5O5S. The molecule has 0 saturated heterocycles. The van der Waals surface area contributed by atoms with Gasteiger partial charge in [0.1, 0.15) is 5.75 Å². The van der Waals surface area contributed by atoms with Gasteiger partial charge in [-0.15, -0.1) is 0 Å². The van der Waals surface area contributed by atoms with Crippen molar-refractivity contribution in [1.29, 1.82) is 0 Å². The molecule has 0 radical (unpaired) electrons. The molecule has 2 aliphatic heterocycles. The topological polar surface area (TPSA) is 134 Å². The highest BCUT2D eigenvalue weighted by molar-refractivity contribution is 7.87. The van der Waals surface area contributed by atoms with Crippen LogP contribution in [-0.2, 0) is 16.6 Å². The molecule has 3 atom stereocenters. The Bertz CT molecular complexity index is 1370. The lowest BCUT2D eigenvalue weighted by Gasteiger charge is -2.36. The quantitative estimate of drug-likeness (QED) is 0.502. The van der Waals surface area contributed by atoms with Crippen LogP contribution in [0.3, 0.4) is 0 Å². The van der Waals surface area contributed by atoms with Crippen molar-refractivity contribution in [1.82, 2.24) is 14.3 Å². The molecule has 2 aromatic carbocycles. The van der Waals surface area contributed by atoms with Crippen LogP contribution in [0.5, 0.6) is 5.75 Å². The van der Waals surface area contributed by atoms with Gasteiger partial charge >= 0.3 is 16.2 Å². The maximum absolute atomic E-state index is 13.0. The second-order valence-electron chi connectivity index (χ2n) is 11.0. The van der Waals surface area contributed by atoms with E-state index in [2.05, 4.69) is 21.0 Å². The molecule has 11 heteroatoms. The fourth-order valence-electron chi connectivity index (χ4n) is 6.61. The number of amides is 3. The Kier molecular flexibility index (Phi) is 7.47. The summed E-state index contributed by atoms with van der Waals surface area (Å²) in [4.78, 5) is 27.3. The average molecular weight is 556 g/mol. The summed E-state index contributed by atoms with van der Waals surface area (Å²) in [6, 6.07) is 10.8. The van der Waals surface area contributed by atoms with E-state index in [4.69, 9.17) is 10.5 Å². The molecule has 0 bridgehead atoms. The van der Waals surface area contributed by atoms with Crippen LogP contribution < -0.4 is 25.4 Å². The minimum absolute atomic E-state index is 0.00695. The predicted molar refractivity (Wildman–Crippen MR) is 149 cm³/mol. The van der Waals surface area contributed by atoms with Gasteiger partial charge in [0.05, 0.1) is 19.2 Å². The average Bonchev–Trinajstić information content (AvgIpc) is 3.12. The number of nitrogens with zero attached hydrogens (tertiary/aromatic N) is 2. The standard InChI is InChI=1S/C28H37N5O5S/c1-32(2)39(36,37)31-27(34)18-9-11-23-24(15-18)33-16-20(30-28(29)35)13-19-14-21(38-3)10-12-22(19)26(33)25(23)17-7-5-4-6-8-17/h9-12,14-15,17,20,25-26H,4-8,13,16H2,1-3H3,(H,31,34)(H3,29,30,35). The Morgan fingerprint density at radius 3 is 2.44 bits per heavy atom. The highest BCUT2D eigenvalue weighted by Crippen LogP contribution is 2.56. The van der Waals surface area contributed by atoms with Gasteiger partial charge in [0.2, 0.25) is 0 Å². The lowest BCUT2D eigenvalue weighted by molar-refractivity contribution is 0.0979. The predicted octanol–water partition coefficient (Wildman–Crippen LogP) is 3.05. The van der Waals surface area contributed by atoms with Crippen LogP contribution in [0.1, 0.15) is 71.1 Å². The Morgan fingerprint density at radius 1 is 1.05 bits per heavy atom. The SMILES string of the molecule is COc1ccc2c(c1)CC(NC(N)=O)CN1c3cc(C(=O)NS(=O)(=O)N(C)C)ccc3C(C3CCCCC3)C21. The second kappa shape index (κ2) is 10.7. The minimum Gasteiger partial charge on any atom is -0.497 e. The van der Waals surface area contributed by atoms with Crippen LogP contribution in [0, 0.1) is 5.92 Å². The van der Waals surface area contributed by atoms with E-state index in [0.29, 0.717) is 18.9 Å². The molecule has 210 valence electrons. The van der Waals surface area contributed by atoms with E-state index in [-0.39, 0.29) is 23.6 Å². The summed E-state index contributed by atoms with van der Waals surface area (Å²) in [7, 11) is 0.440. The van der Waals surface area contributed by atoms with E-state index in [1.807, 2.05) is 18.2 Å². The summed E-state index contributed by atoms with van der Waals surface area (Å²) >= 11 is 0. The lowest BCUT2D eigenvalue weighted by atomic mass is 9.73. The molecule has 10 nitrogen and oxygen atoms in total. The fraction of sp³-hybridized carbons (Fsp3) is 0.500. The molecule has 39 heavy (non-hydrogen) atoms. The van der Waals surface area contributed by atoms with Gasteiger partial charge in [-0.2, -0.15) is 12.7 Å². The lowest BCUT2D eigenvalue weighted by Crippen LogP contribution is -2.46. The number of hydrogen-bond donors (Lipinski definition) is 3. The smallest absolute Gasteiger partial charge is 0.312 e. The summed E-state index contributed by atoms with van der Waals surface area (Å²) < 4.78 is 33.3. The molecule has 1 fully saturated rings. The van der Waals surface area contributed by atoms with Crippen molar-refractivity contribution < 1.29 is 22.7 Å². The molecule has 1 saturated carbocycles. The fourth-order valence-corrected chi connectivity index (χ4v) is 7.15. The summed E-state index contributed by atoms with van der Waals surface area (Å²) in [6.07, 6.45) is 6.47. The van der Waals surface area contributed by atoms with Gasteiger partial charge in [-0.05, 0) is 66.1 Å². The Balaban J connectivity index is 1.63. The molecule has 2 heterocycles. The molecule has 0 aromatic heterocycles. The molecule has 2 aromatic rings. The normalized spacial score (nSPS) is 22.9. The minimum atomic E-state index is -3.94. The number of nitrogens with one attached hydrogen (secondary N) is 2. The first-order valence-electron chi connectivity index (χ1n) is 13.5. The molecule has 4 N–H and O–H groups in total. The number of carbonyl (C=O) groups excluding carboxylic acids is 2. The number of carbonyl (C=O) groups is 2. The van der Waals surface area contributed by atoms with E-state index in [1.54, 1.807) is 19.2 Å². The summed E-state index contributed by atoms with van der Waals surface area (Å²) in [6.45, 7) is 0.502. The van der Waals surface area contributed by atoms with Crippen molar-refractivity contribution in [2.45, 2.75) is 56.5 Å². The van der Waals surface area contributed by atoms with Crippen LogP contribution in [0.15, 0.2) is 36.4 Å². The first kappa shape index (κ1) is 27.3. The first-order valence-corrected chi connectivity index (χ1v) is 14.9. The maximum atomic E-state index is 13.0. The van der Waals surface area contributed by atoms with Crippen LogP contribution in [-0.4, -0.2) is 58.5 Å². The molecular weight excluding hydrogens is 518 g/mol. The molecule has 3 amide bonds. The van der Waals surface area contributed by atoms with Crippen LogP contribution in [0.4, 0.5) is 10.5 Å². The molecule has 1 aliphatic carbocycles. The van der Waals surface area contributed by atoms with Crippen molar-refractivity contribution >= 4 is 27.8 Å². The van der Waals surface area contributed by atoms with E-state index >= 15 is 0 Å². The van der Waals surface area contributed by atoms with Gasteiger partial charge in [0.15, 0.2) is 0 Å². The van der Waals surface area contributed by atoms with Gasteiger partial charge in [-0.25, -0.2) is 9.52 Å². The summed E-state index contributed by atoms with van der Waals surface area (Å²) in [5.41, 5.74) is 10.2. The number of methoxy groups -OCH3 is 1. The Hall–Kier alpha value is -3.31. The van der Waals surface area contributed by atoms with Gasteiger partial charge < -0.3 is 20.7 Å². The molecule has 5 rings (SSSR count). The maximum Gasteiger partial charge on any atom is 0.312 e. The highest BCUT2D eigenvalue weighted by atomic mass is 32.2. The zero-order valence-electron chi connectivity index (χ0n) is 22.6. The molecule has 3 unspecified atom stereocenters. The number of nitrogens with two attached hydrogens (primary N) is 1. The van der Waals surface area contributed by atoms with Crippen LogP contribution >= 0.6 is 0 Å². The molecule has 3 aliphatic rings. The van der Waals surface area contributed by atoms with Crippen molar-refractivity contribution in [3.05, 3.63) is 58.7 Å². The van der Waals surface area contributed by atoms with Gasteiger partial charge in [0.25, 0.3) is 5.91 Å². The molecule has 0 spiro atoms. The van der Waals surface area contributed by atoms with E-state index in [9.17, 15) is 18.0 Å². The third-order valence-corrected chi connectivity index (χ3v) is 9.80. The summed E-state index contributed by atoms with van der Waals surface area (Å²) in [5.74, 6) is 0.737. The largest absolute Gasteiger partial charge is 0.497 e.